The average Bonchev–Trinajstić information content (AvgIpc) is 2.34. The van der Waals surface area contributed by atoms with Crippen LogP contribution in [0.5, 0.6) is 5.75 Å². The first-order chi connectivity index (χ1) is 8.19. The predicted molar refractivity (Wildman–Crippen MR) is 69.5 cm³/mol. The Bertz CT molecular complexity index is 380. The second-order valence-electron chi connectivity index (χ2n) is 3.67. The van der Waals surface area contributed by atoms with E-state index in [1.807, 2.05) is 0 Å². The number of ketones is 1. The van der Waals surface area contributed by atoms with Crippen molar-refractivity contribution in [1.29, 1.82) is 0 Å². The zero-order valence-corrected chi connectivity index (χ0v) is 11.0. The van der Waals surface area contributed by atoms with Gasteiger partial charge in [-0.15, -0.1) is 0 Å². The Morgan fingerprint density at radius 1 is 1.47 bits per heavy atom. The van der Waals surface area contributed by atoms with E-state index in [9.17, 15) is 9.18 Å². The molecule has 0 amide bonds. The molecule has 0 unspecified atom stereocenters. The van der Waals surface area contributed by atoms with Crippen LogP contribution in [0.25, 0.3) is 0 Å². The van der Waals surface area contributed by atoms with Crippen LogP contribution in [0.1, 0.15) is 30.1 Å². The molecule has 0 aliphatic heterocycles. The average molecular weight is 256 g/mol. The fraction of sp³-hybridized carbons (Fsp3) is 0.462. The standard InChI is InChI=1S/C13H17FO2S/c1-3-4-7-17-9-12(15)11-8-10(14)5-6-13(11)16-2/h5-6,8H,3-4,7,9H2,1-2H3. The van der Waals surface area contributed by atoms with Gasteiger partial charge in [0.25, 0.3) is 0 Å². The summed E-state index contributed by atoms with van der Waals surface area (Å²) in [6, 6.07) is 4.01. The number of carbonyl (C=O) groups excluding carboxylic acids is 1. The molecule has 0 aliphatic carbocycles. The van der Waals surface area contributed by atoms with E-state index in [4.69, 9.17) is 4.74 Å². The molecule has 94 valence electrons. The minimum absolute atomic E-state index is 0.0811. The van der Waals surface area contributed by atoms with Crippen LogP contribution in [0.4, 0.5) is 4.39 Å². The Morgan fingerprint density at radius 2 is 2.24 bits per heavy atom. The summed E-state index contributed by atoms with van der Waals surface area (Å²) in [6.45, 7) is 2.11. The van der Waals surface area contributed by atoms with Crippen LogP contribution in [0.2, 0.25) is 0 Å². The molecule has 0 atom stereocenters. The Morgan fingerprint density at radius 3 is 2.88 bits per heavy atom. The molecule has 1 aromatic rings. The van der Waals surface area contributed by atoms with Gasteiger partial charge in [0.05, 0.1) is 18.4 Å². The number of carbonyl (C=O) groups is 1. The van der Waals surface area contributed by atoms with Crippen molar-refractivity contribution < 1.29 is 13.9 Å². The summed E-state index contributed by atoms with van der Waals surface area (Å²) in [4.78, 5) is 11.9. The van der Waals surface area contributed by atoms with Crippen LogP contribution < -0.4 is 4.74 Å². The second kappa shape index (κ2) is 7.33. The summed E-state index contributed by atoms with van der Waals surface area (Å²) < 4.78 is 18.1. The molecule has 0 bridgehead atoms. The summed E-state index contributed by atoms with van der Waals surface area (Å²) in [5.74, 6) is 1.28. The third kappa shape index (κ3) is 4.38. The Hall–Kier alpha value is -1.03. The van der Waals surface area contributed by atoms with E-state index in [2.05, 4.69) is 6.92 Å². The van der Waals surface area contributed by atoms with Gasteiger partial charge in [0.2, 0.25) is 0 Å². The Labute approximate surface area is 106 Å². The van der Waals surface area contributed by atoms with Gasteiger partial charge in [0.15, 0.2) is 5.78 Å². The van der Waals surface area contributed by atoms with Gasteiger partial charge < -0.3 is 4.74 Å². The highest BCUT2D eigenvalue weighted by molar-refractivity contribution is 7.99. The SMILES string of the molecule is CCCCSCC(=O)c1cc(F)ccc1OC. The summed E-state index contributed by atoms with van der Waals surface area (Å²) in [7, 11) is 1.48. The molecular weight excluding hydrogens is 239 g/mol. The number of unbranched alkanes of at least 4 members (excludes halogenated alkanes) is 1. The van der Waals surface area contributed by atoms with Gasteiger partial charge in [0.1, 0.15) is 11.6 Å². The minimum Gasteiger partial charge on any atom is -0.496 e. The summed E-state index contributed by atoms with van der Waals surface area (Å²) in [6.07, 6.45) is 2.21. The molecule has 0 saturated heterocycles. The lowest BCUT2D eigenvalue weighted by molar-refractivity contribution is 0.101. The van der Waals surface area contributed by atoms with Crippen LogP contribution in [0.15, 0.2) is 18.2 Å². The zero-order chi connectivity index (χ0) is 12.7. The molecule has 0 N–H and O–H groups in total. The molecule has 0 saturated carbocycles. The van der Waals surface area contributed by atoms with Crippen molar-refractivity contribution in [3.05, 3.63) is 29.6 Å². The Kier molecular flexibility index (Phi) is 6.05. The van der Waals surface area contributed by atoms with E-state index in [1.165, 1.54) is 25.3 Å². The zero-order valence-electron chi connectivity index (χ0n) is 10.2. The quantitative estimate of drug-likeness (QED) is 0.551. The van der Waals surface area contributed by atoms with E-state index < -0.39 is 5.82 Å². The largest absolute Gasteiger partial charge is 0.496 e. The fourth-order valence-corrected chi connectivity index (χ4v) is 2.37. The van der Waals surface area contributed by atoms with Gasteiger partial charge in [0, 0.05) is 0 Å². The monoisotopic (exact) mass is 256 g/mol. The van der Waals surface area contributed by atoms with Gasteiger partial charge in [-0.3, -0.25) is 4.79 Å². The lowest BCUT2D eigenvalue weighted by Crippen LogP contribution is -2.06. The molecule has 0 spiro atoms. The van der Waals surface area contributed by atoms with E-state index in [0.29, 0.717) is 17.1 Å². The third-order valence-corrected chi connectivity index (χ3v) is 3.38. The minimum atomic E-state index is -0.410. The highest BCUT2D eigenvalue weighted by Gasteiger charge is 2.13. The maximum absolute atomic E-state index is 13.1. The number of halogens is 1. The molecule has 17 heavy (non-hydrogen) atoms. The lowest BCUT2D eigenvalue weighted by atomic mass is 10.1. The number of hydrogen-bond acceptors (Lipinski definition) is 3. The van der Waals surface area contributed by atoms with Crippen LogP contribution >= 0.6 is 11.8 Å². The number of ether oxygens (including phenoxy) is 1. The van der Waals surface area contributed by atoms with Gasteiger partial charge >= 0.3 is 0 Å². The topological polar surface area (TPSA) is 26.3 Å². The van der Waals surface area contributed by atoms with Crippen molar-refractivity contribution >= 4 is 17.5 Å². The van der Waals surface area contributed by atoms with Crippen molar-refractivity contribution in [2.24, 2.45) is 0 Å². The second-order valence-corrected chi connectivity index (χ2v) is 4.78. The van der Waals surface area contributed by atoms with E-state index >= 15 is 0 Å². The molecule has 4 heteroatoms. The number of benzene rings is 1. The smallest absolute Gasteiger partial charge is 0.176 e. The van der Waals surface area contributed by atoms with Crippen LogP contribution in [0.3, 0.4) is 0 Å². The van der Waals surface area contributed by atoms with Crippen LogP contribution in [-0.4, -0.2) is 24.4 Å². The maximum atomic E-state index is 13.1. The molecule has 0 aliphatic rings. The number of Topliss-reactive ketones (excluding diaryl/α,β-unsaturated/α-hetero) is 1. The molecular formula is C13H17FO2S. The van der Waals surface area contributed by atoms with Gasteiger partial charge in [-0.2, -0.15) is 11.8 Å². The molecule has 2 nitrogen and oxygen atoms in total. The third-order valence-electron chi connectivity index (χ3n) is 2.34. The van der Waals surface area contributed by atoms with Crippen LogP contribution in [-0.2, 0) is 0 Å². The summed E-state index contributed by atoms with van der Waals surface area (Å²) in [5.41, 5.74) is 0.330. The number of hydrogen-bond donors (Lipinski definition) is 0. The predicted octanol–water partition coefficient (Wildman–Crippen LogP) is 3.55. The van der Waals surface area contributed by atoms with Gasteiger partial charge in [-0.05, 0) is 30.4 Å². The van der Waals surface area contributed by atoms with E-state index in [0.717, 1.165) is 18.6 Å². The van der Waals surface area contributed by atoms with Gasteiger partial charge in [-0.1, -0.05) is 13.3 Å². The van der Waals surface area contributed by atoms with Crippen LogP contribution in [0, 0.1) is 5.82 Å². The summed E-state index contributed by atoms with van der Waals surface area (Å²) in [5, 5.41) is 0. The van der Waals surface area contributed by atoms with Gasteiger partial charge in [-0.25, -0.2) is 4.39 Å². The number of methoxy groups -OCH3 is 1. The first-order valence-electron chi connectivity index (χ1n) is 5.63. The van der Waals surface area contributed by atoms with E-state index in [1.54, 1.807) is 11.8 Å². The lowest BCUT2D eigenvalue weighted by Gasteiger charge is -2.07. The van der Waals surface area contributed by atoms with E-state index in [-0.39, 0.29) is 5.78 Å². The first kappa shape index (κ1) is 14.0. The van der Waals surface area contributed by atoms with Crippen molar-refractivity contribution in [3.63, 3.8) is 0 Å². The number of thioether (sulfide) groups is 1. The fourth-order valence-electron chi connectivity index (χ4n) is 1.39. The number of rotatable bonds is 7. The molecule has 0 aromatic heterocycles. The molecule has 1 aromatic carbocycles. The molecule has 0 heterocycles. The first-order valence-corrected chi connectivity index (χ1v) is 6.79. The maximum Gasteiger partial charge on any atom is 0.176 e. The van der Waals surface area contributed by atoms with Crippen molar-refractivity contribution in [3.8, 4) is 5.75 Å². The molecule has 1 rings (SSSR count). The highest BCUT2D eigenvalue weighted by Crippen LogP contribution is 2.21. The molecule has 0 fully saturated rings. The molecule has 0 radical (unpaired) electrons. The highest BCUT2D eigenvalue weighted by atomic mass is 32.2. The van der Waals surface area contributed by atoms with Crippen molar-refractivity contribution in [1.82, 2.24) is 0 Å². The normalized spacial score (nSPS) is 10.3. The Balaban J connectivity index is 2.64. The van der Waals surface area contributed by atoms with Crippen molar-refractivity contribution in [2.75, 3.05) is 18.6 Å². The van der Waals surface area contributed by atoms with Crippen molar-refractivity contribution in [2.45, 2.75) is 19.8 Å². The summed E-state index contributed by atoms with van der Waals surface area (Å²) >= 11 is 1.58.